The quantitative estimate of drug-likeness (QED) is 0.429. The van der Waals surface area contributed by atoms with Gasteiger partial charge in [-0.05, 0) is 43.9 Å². The van der Waals surface area contributed by atoms with E-state index in [0.29, 0.717) is 17.9 Å². The number of hydrogen-bond acceptors (Lipinski definition) is 6. The van der Waals surface area contributed by atoms with E-state index < -0.39 is 29.3 Å². The van der Waals surface area contributed by atoms with Crippen molar-refractivity contribution in [3.8, 4) is 11.5 Å². The third-order valence-electron chi connectivity index (χ3n) is 4.95. The van der Waals surface area contributed by atoms with Crippen LogP contribution in [0.4, 0.5) is 4.39 Å². The summed E-state index contributed by atoms with van der Waals surface area (Å²) >= 11 is 0. The molecule has 1 unspecified atom stereocenters. The summed E-state index contributed by atoms with van der Waals surface area (Å²) in [5.41, 5.74) is 0.121. The Morgan fingerprint density at radius 3 is 2.53 bits per heavy atom. The minimum atomic E-state index is -0.984. The van der Waals surface area contributed by atoms with Crippen LogP contribution < -0.4 is 4.74 Å². The number of hydrogen-bond donors (Lipinski definition) is 2. The SMILES string of the molecule is COc1ccc(/C(O)=C2\C(=O)C(=O)N(CCN(C)C)C2c2cccc(F)c2)c(O)c1. The number of benzene rings is 2. The van der Waals surface area contributed by atoms with Crippen LogP contribution in [-0.2, 0) is 9.59 Å². The van der Waals surface area contributed by atoms with Crippen molar-refractivity contribution in [2.45, 2.75) is 6.04 Å². The lowest BCUT2D eigenvalue weighted by atomic mass is 9.95. The highest BCUT2D eigenvalue weighted by Gasteiger charge is 2.46. The number of rotatable bonds is 6. The van der Waals surface area contributed by atoms with E-state index in [4.69, 9.17) is 4.74 Å². The summed E-state index contributed by atoms with van der Waals surface area (Å²) in [5, 5.41) is 21.2. The van der Waals surface area contributed by atoms with E-state index in [9.17, 15) is 24.2 Å². The lowest BCUT2D eigenvalue weighted by Gasteiger charge is -2.26. The Balaban J connectivity index is 2.17. The van der Waals surface area contributed by atoms with E-state index in [1.165, 1.54) is 48.4 Å². The minimum absolute atomic E-state index is 0.0252. The molecule has 2 N–H and O–H groups in total. The number of aliphatic hydroxyl groups is 1. The maximum absolute atomic E-state index is 13.9. The number of halogens is 1. The smallest absolute Gasteiger partial charge is 0.295 e. The van der Waals surface area contributed by atoms with Crippen molar-refractivity contribution in [2.75, 3.05) is 34.3 Å². The number of aliphatic hydroxyl groups excluding tert-OH is 1. The van der Waals surface area contributed by atoms with E-state index >= 15 is 0 Å². The van der Waals surface area contributed by atoms with E-state index in [1.54, 1.807) is 6.07 Å². The molecule has 30 heavy (non-hydrogen) atoms. The largest absolute Gasteiger partial charge is 0.507 e. The average Bonchev–Trinajstić information content (AvgIpc) is 2.96. The lowest BCUT2D eigenvalue weighted by molar-refractivity contribution is -0.140. The molecule has 1 aliphatic rings. The van der Waals surface area contributed by atoms with Crippen LogP contribution >= 0.6 is 0 Å². The molecular weight excluding hydrogens is 391 g/mol. The number of amides is 1. The molecule has 0 saturated carbocycles. The second kappa shape index (κ2) is 8.54. The predicted molar refractivity (Wildman–Crippen MR) is 109 cm³/mol. The van der Waals surface area contributed by atoms with Gasteiger partial charge in [-0.15, -0.1) is 0 Å². The number of phenolic OH excluding ortho intramolecular Hbond substituents is 1. The van der Waals surface area contributed by atoms with Crippen LogP contribution in [0.2, 0.25) is 0 Å². The molecule has 1 saturated heterocycles. The van der Waals surface area contributed by atoms with Gasteiger partial charge in [-0.3, -0.25) is 9.59 Å². The minimum Gasteiger partial charge on any atom is -0.507 e. The molecule has 1 amide bonds. The summed E-state index contributed by atoms with van der Waals surface area (Å²) in [7, 11) is 5.07. The van der Waals surface area contributed by atoms with Crippen LogP contribution in [0.3, 0.4) is 0 Å². The van der Waals surface area contributed by atoms with E-state index in [0.717, 1.165) is 0 Å². The molecule has 3 rings (SSSR count). The highest BCUT2D eigenvalue weighted by molar-refractivity contribution is 6.46. The van der Waals surface area contributed by atoms with Crippen molar-refractivity contribution in [1.29, 1.82) is 0 Å². The molecule has 0 radical (unpaired) electrons. The fourth-order valence-corrected chi connectivity index (χ4v) is 3.43. The Morgan fingerprint density at radius 2 is 1.93 bits per heavy atom. The Hall–Kier alpha value is -3.39. The highest BCUT2D eigenvalue weighted by atomic mass is 19.1. The normalized spacial score (nSPS) is 18.3. The zero-order valence-electron chi connectivity index (χ0n) is 16.9. The summed E-state index contributed by atoms with van der Waals surface area (Å²) in [6, 6.07) is 8.74. The molecule has 0 bridgehead atoms. The standard InChI is InChI=1S/C22H23FN2O5/c1-24(2)9-10-25-19(13-5-4-6-14(23)11-13)18(21(28)22(25)29)20(27)16-8-7-15(30-3)12-17(16)26/h4-8,11-12,19,26-27H,9-10H2,1-3H3/b20-18+. The molecular formula is C22H23FN2O5. The number of nitrogens with zero attached hydrogens (tertiary/aromatic N) is 2. The Morgan fingerprint density at radius 1 is 1.20 bits per heavy atom. The van der Waals surface area contributed by atoms with Gasteiger partial charge in [0.05, 0.1) is 24.3 Å². The van der Waals surface area contributed by atoms with Gasteiger partial charge in [0.1, 0.15) is 23.1 Å². The Bertz CT molecular complexity index is 1020. The highest BCUT2D eigenvalue weighted by Crippen LogP contribution is 2.41. The van der Waals surface area contributed by atoms with Gasteiger partial charge in [0.15, 0.2) is 0 Å². The van der Waals surface area contributed by atoms with Crippen LogP contribution in [0.15, 0.2) is 48.0 Å². The number of aromatic hydroxyl groups is 1. The van der Waals surface area contributed by atoms with Gasteiger partial charge in [0.2, 0.25) is 0 Å². The Kier molecular flexibility index (Phi) is 6.07. The molecule has 158 valence electrons. The summed E-state index contributed by atoms with van der Waals surface area (Å²) < 4.78 is 19.0. The maximum atomic E-state index is 13.9. The molecule has 1 fully saturated rings. The van der Waals surface area contributed by atoms with Gasteiger partial charge in [-0.2, -0.15) is 0 Å². The van der Waals surface area contributed by atoms with Gasteiger partial charge < -0.3 is 24.7 Å². The van der Waals surface area contributed by atoms with E-state index in [2.05, 4.69) is 0 Å². The van der Waals surface area contributed by atoms with Crippen molar-refractivity contribution in [3.63, 3.8) is 0 Å². The van der Waals surface area contributed by atoms with Crippen molar-refractivity contribution in [3.05, 3.63) is 65.0 Å². The first-order valence-electron chi connectivity index (χ1n) is 9.30. The number of Topliss-reactive ketones (excluding diaryl/α,β-unsaturated/α-hetero) is 1. The van der Waals surface area contributed by atoms with Crippen LogP contribution in [0.5, 0.6) is 11.5 Å². The van der Waals surface area contributed by atoms with Crippen molar-refractivity contribution in [1.82, 2.24) is 9.80 Å². The first-order chi connectivity index (χ1) is 14.2. The number of ether oxygens (including phenoxy) is 1. The number of carbonyl (C=O) groups excluding carboxylic acids is 2. The second-order valence-corrected chi connectivity index (χ2v) is 7.23. The molecule has 1 heterocycles. The van der Waals surface area contributed by atoms with Gasteiger partial charge in [0, 0.05) is 19.2 Å². The average molecular weight is 414 g/mol. The van der Waals surface area contributed by atoms with Crippen LogP contribution in [0.1, 0.15) is 17.2 Å². The zero-order valence-corrected chi connectivity index (χ0v) is 16.9. The van der Waals surface area contributed by atoms with E-state index in [-0.39, 0.29) is 23.4 Å². The monoisotopic (exact) mass is 414 g/mol. The molecule has 0 aromatic heterocycles. The van der Waals surface area contributed by atoms with Crippen molar-refractivity contribution in [2.24, 2.45) is 0 Å². The van der Waals surface area contributed by atoms with Gasteiger partial charge in [0.25, 0.3) is 11.7 Å². The number of carbonyl (C=O) groups is 2. The molecule has 8 heteroatoms. The van der Waals surface area contributed by atoms with Crippen molar-refractivity contribution < 1.29 is 28.9 Å². The fraction of sp³-hybridized carbons (Fsp3) is 0.273. The third-order valence-corrected chi connectivity index (χ3v) is 4.95. The lowest BCUT2D eigenvalue weighted by Crippen LogP contribution is -2.35. The molecule has 1 atom stereocenters. The maximum Gasteiger partial charge on any atom is 0.295 e. The molecule has 7 nitrogen and oxygen atoms in total. The summed E-state index contributed by atoms with van der Waals surface area (Å²) in [4.78, 5) is 28.8. The molecule has 0 aliphatic carbocycles. The predicted octanol–water partition coefficient (Wildman–Crippen LogP) is 2.52. The van der Waals surface area contributed by atoms with Crippen molar-refractivity contribution >= 4 is 17.4 Å². The van der Waals surface area contributed by atoms with Gasteiger partial charge in [-0.1, -0.05) is 12.1 Å². The summed E-state index contributed by atoms with van der Waals surface area (Å²) in [5.74, 6) is -2.70. The third kappa shape index (κ3) is 3.99. The molecule has 2 aromatic rings. The van der Waals surface area contributed by atoms with E-state index in [1.807, 2.05) is 19.0 Å². The molecule has 2 aromatic carbocycles. The van der Waals surface area contributed by atoms with Crippen LogP contribution in [0, 0.1) is 5.82 Å². The first-order valence-corrected chi connectivity index (χ1v) is 9.30. The number of likely N-dealkylation sites (N-methyl/N-ethyl adjacent to an activating group) is 1. The number of methoxy groups -OCH3 is 1. The number of ketones is 1. The second-order valence-electron chi connectivity index (χ2n) is 7.23. The molecule has 1 aliphatic heterocycles. The summed E-state index contributed by atoms with van der Waals surface area (Å²) in [6.45, 7) is 0.663. The number of phenols is 1. The number of likely N-dealkylation sites (tertiary alicyclic amines) is 1. The van der Waals surface area contributed by atoms with Gasteiger partial charge >= 0.3 is 0 Å². The van der Waals surface area contributed by atoms with Gasteiger partial charge in [-0.25, -0.2) is 4.39 Å². The van der Waals surface area contributed by atoms with Crippen LogP contribution in [0.25, 0.3) is 5.76 Å². The Labute approximate surface area is 173 Å². The first kappa shape index (κ1) is 21.3. The topological polar surface area (TPSA) is 90.3 Å². The van der Waals surface area contributed by atoms with Crippen LogP contribution in [-0.4, -0.2) is 66.0 Å². The molecule has 0 spiro atoms. The summed E-state index contributed by atoms with van der Waals surface area (Å²) in [6.07, 6.45) is 0. The fourth-order valence-electron chi connectivity index (χ4n) is 3.43. The zero-order chi connectivity index (χ0) is 22.0.